The second kappa shape index (κ2) is 7.60. The van der Waals surface area contributed by atoms with Crippen LogP contribution < -0.4 is 5.73 Å². The zero-order chi connectivity index (χ0) is 24.5. The number of nitrogens with two attached hydrogens (primary N) is 1. The van der Waals surface area contributed by atoms with Crippen molar-refractivity contribution in [1.82, 2.24) is 44.5 Å². The number of carbonyl (C=O) groups excluding carboxylic acids is 1. The predicted molar refractivity (Wildman–Crippen MR) is 124 cm³/mol. The van der Waals surface area contributed by atoms with Gasteiger partial charge in [0.2, 0.25) is 5.82 Å². The summed E-state index contributed by atoms with van der Waals surface area (Å²) in [5.41, 5.74) is 8.84. The summed E-state index contributed by atoms with van der Waals surface area (Å²) in [5, 5.41) is 16.1. The van der Waals surface area contributed by atoms with Gasteiger partial charge in [0.05, 0.1) is 18.1 Å². The molecule has 13 nitrogen and oxygen atoms in total. The molecule has 2 aliphatic rings. The lowest BCUT2D eigenvalue weighted by atomic mass is 9.87. The monoisotopic (exact) mass is 496 g/mol. The number of carbonyl (C=O) groups is 1. The molecule has 0 unspecified atom stereocenters. The van der Waals surface area contributed by atoms with Crippen LogP contribution in [0.2, 0.25) is 0 Å². The molecule has 6 heterocycles. The summed E-state index contributed by atoms with van der Waals surface area (Å²) in [5.74, 6) is -0.120. The lowest BCUT2D eigenvalue weighted by Gasteiger charge is -2.38. The number of fused-ring (bicyclic) bond motifs is 3. The number of sulfone groups is 1. The summed E-state index contributed by atoms with van der Waals surface area (Å²) >= 11 is 0. The lowest BCUT2D eigenvalue weighted by Crippen LogP contribution is -2.46. The minimum absolute atomic E-state index is 0.00486. The Bertz CT molecular complexity index is 1540. The Morgan fingerprint density at radius 2 is 1.91 bits per heavy atom. The van der Waals surface area contributed by atoms with Gasteiger partial charge >= 0.3 is 0 Å². The molecule has 6 rings (SSSR count). The average Bonchev–Trinajstić information content (AvgIpc) is 3.59. The van der Waals surface area contributed by atoms with Crippen LogP contribution in [0.4, 0.5) is 5.82 Å². The van der Waals surface area contributed by atoms with Gasteiger partial charge in [-0.2, -0.15) is 14.7 Å². The maximum Gasteiger partial charge on any atom is 0.292 e. The minimum Gasteiger partial charge on any atom is -0.382 e. The van der Waals surface area contributed by atoms with E-state index < -0.39 is 9.84 Å². The molecule has 182 valence electrons. The number of rotatable bonds is 4. The lowest BCUT2D eigenvalue weighted by molar-refractivity contribution is 0.0556. The predicted octanol–water partition coefficient (Wildman–Crippen LogP) is 0.784. The Balaban J connectivity index is 1.45. The van der Waals surface area contributed by atoms with E-state index in [1.54, 1.807) is 17.1 Å². The molecule has 2 fully saturated rings. The van der Waals surface area contributed by atoms with Crippen LogP contribution >= 0.6 is 0 Å². The smallest absolute Gasteiger partial charge is 0.292 e. The highest BCUT2D eigenvalue weighted by Gasteiger charge is 2.46. The summed E-state index contributed by atoms with van der Waals surface area (Å²) in [6, 6.07) is -0.101. The molecule has 0 aliphatic carbocycles. The molecule has 0 saturated carbocycles. The van der Waals surface area contributed by atoms with Crippen LogP contribution in [0.3, 0.4) is 0 Å². The fourth-order valence-electron chi connectivity index (χ4n) is 5.60. The second-order valence-electron chi connectivity index (χ2n) is 9.28. The van der Waals surface area contributed by atoms with Crippen molar-refractivity contribution in [3.8, 4) is 11.1 Å². The van der Waals surface area contributed by atoms with E-state index in [0.29, 0.717) is 29.7 Å². The Kier molecular flexibility index (Phi) is 4.71. The zero-order valence-corrected chi connectivity index (χ0v) is 20.0. The van der Waals surface area contributed by atoms with Gasteiger partial charge in [-0.1, -0.05) is 0 Å². The maximum absolute atomic E-state index is 13.0. The number of nitrogens with zero attached hydrogens (tertiary/aromatic N) is 8. The summed E-state index contributed by atoms with van der Waals surface area (Å²) in [7, 11) is -1.89. The number of aromatic nitrogens is 8. The highest BCUT2D eigenvalue weighted by molar-refractivity contribution is 7.91. The summed E-state index contributed by atoms with van der Waals surface area (Å²) in [4.78, 5) is 22.5. The van der Waals surface area contributed by atoms with Gasteiger partial charge in [-0.25, -0.2) is 13.4 Å². The quantitative estimate of drug-likeness (QED) is 0.414. The van der Waals surface area contributed by atoms with Crippen LogP contribution in [0.5, 0.6) is 0 Å². The molecule has 2 saturated heterocycles. The van der Waals surface area contributed by atoms with Crippen molar-refractivity contribution in [2.75, 3.05) is 12.0 Å². The molecular weight excluding hydrogens is 472 g/mol. The molecule has 14 heteroatoms. The normalized spacial score (nSPS) is 22.2. The fourth-order valence-corrected chi connectivity index (χ4v) is 6.66. The maximum atomic E-state index is 13.0. The van der Waals surface area contributed by atoms with Gasteiger partial charge in [0.15, 0.2) is 15.5 Å². The number of aromatic amines is 1. The summed E-state index contributed by atoms with van der Waals surface area (Å²) in [6.45, 7) is 0. The molecule has 0 radical (unpaired) electrons. The van der Waals surface area contributed by atoms with Gasteiger partial charge in [-0.05, 0) is 25.7 Å². The van der Waals surface area contributed by atoms with Crippen molar-refractivity contribution in [2.45, 2.75) is 48.6 Å². The number of amides is 1. The first-order valence-corrected chi connectivity index (χ1v) is 13.2. The molecule has 35 heavy (non-hydrogen) atoms. The molecule has 1 amide bonds. The van der Waals surface area contributed by atoms with E-state index in [-0.39, 0.29) is 40.4 Å². The standard InChI is InChI=1S/C21H24N10O3S/c1-29-9-12(7-25-29)15-8-26-31-18(22)17(35(2,33)34)16(27-20(15)31)11-5-13-3-4-14(6-11)30(13)21(32)19-23-10-24-28-19/h7-11,13-14H,3-6,22H2,1-2H3,(H,23,24,28)/t11-,13+,14-. The molecule has 2 bridgehead atoms. The van der Waals surface area contributed by atoms with Crippen LogP contribution in [-0.2, 0) is 16.9 Å². The molecule has 2 aliphatic heterocycles. The molecule has 4 aromatic rings. The minimum atomic E-state index is -3.70. The van der Waals surface area contributed by atoms with Crippen molar-refractivity contribution in [1.29, 1.82) is 0 Å². The van der Waals surface area contributed by atoms with E-state index in [0.717, 1.165) is 24.7 Å². The van der Waals surface area contributed by atoms with E-state index in [2.05, 4.69) is 25.4 Å². The van der Waals surface area contributed by atoms with Gasteiger partial charge < -0.3 is 15.6 Å². The fraction of sp³-hybridized carbons (Fsp3) is 0.429. The van der Waals surface area contributed by atoms with Crippen molar-refractivity contribution in [3.63, 3.8) is 0 Å². The van der Waals surface area contributed by atoms with Gasteiger partial charge in [0.1, 0.15) is 17.0 Å². The van der Waals surface area contributed by atoms with E-state index in [1.165, 1.54) is 10.8 Å². The van der Waals surface area contributed by atoms with Crippen molar-refractivity contribution in [3.05, 3.63) is 36.4 Å². The van der Waals surface area contributed by atoms with Gasteiger partial charge in [0, 0.05) is 48.6 Å². The van der Waals surface area contributed by atoms with Crippen LogP contribution in [0, 0.1) is 0 Å². The second-order valence-corrected chi connectivity index (χ2v) is 11.2. The van der Waals surface area contributed by atoms with Crippen molar-refractivity contribution >= 4 is 27.2 Å². The average molecular weight is 497 g/mol. The highest BCUT2D eigenvalue weighted by atomic mass is 32.2. The third-order valence-electron chi connectivity index (χ3n) is 7.02. The Morgan fingerprint density at radius 3 is 2.51 bits per heavy atom. The van der Waals surface area contributed by atoms with E-state index in [1.807, 2.05) is 18.1 Å². The van der Waals surface area contributed by atoms with Crippen molar-refractivity contribution in [2.24, 2.45) is 7.05 Å². The Hall–Kier alpha value is -3.81. The number of hydrogen-bond donors (Lipinski definition) is 2. The van der Waals surface area contributed by atoms with E-state index in [9.17, 15) is 13.2 Å². The van der Waals surface area contributed by atoms with E-state index in [4.69, 9.17) is 10.7 Å². The third-order valence-corrected chi connectivity index (χ3v) is 8.18. The van der Waals surface area contributed by atoms with Crippen LogP contribution in [0.15, 0.2) is 29.8 Å². The SMILES string of the molecule is Cn1cc(-c2cnn3c(N)c(S(C)(=O)=O)c([C@H]4C[C@H]5CC[C@@H](C4)N5C(=O)c4nnc[nH]4)nc23)cn1. The first-order valence-electron chi connectivity index (χ1n) is 11.3. The molecule has 0 aromatic carbocycles. The molecule has 3 atom stereocenters. The molecular formula is C21H24N10O3S. The molecule has 3 N–H and O–H groups in total. The van der Waals surface area contributed by atoms with Gasteiger partial charge in [-0.15, -0.1) is 10.2 Å². The third kappa shape index (κ3) is 3.38. The number of aryl methyl sites for hydroxylation is 1. The molecule has 4 aromatic heterocycles. The number of H-pyrrole nitrogens is 1. The number of anilines is 1. The Labute approximate surface area is 200 Å². The number of nitrogens with one attached hydrogen (secondary N) is 1. The number of nitrogen functional groups attached to an aromatic ring is 1. The van der Waals surface area contributed by atoms with Crippen LogP contribution in [-0.4, -0.2) is 77.1 Å². The van der Waals surface area contributed by atoms with E-state index >= 15 is 0 Å². The Morgan fingerprint density at radius 1 is 1.17 bits per heavy atom. The highest BCUT2D eigenvalue weighted by Crippen LogP contribution is 2.45. The topological polar surface area (TPSA) is 170 Å². The first-order chi connectivity index (χ1) is 16.7. The summed E-state index contributed by atoms with van der Waals surface area (Å²) in [6.07, 6.45) is 10.5. The van der Waals surface area contributed by atoms with Crippen molar-refractivity contribution < 1.29 is 13.2 Å². The zero-order valence-electron chi connectivity index (χ0n) is 19.2. The van der Waals surface area contributed by atoms with Gasteiger partial charge in [0.25, 0.3) is 5.91 Å². The molecule has 0 spiro atoms. The first kappa shape index (κ1) is 21.7. The summed E-state index contributed by atoms with van der Waals surface area (Å²) < 4.78 is 28.8. The van der Waals surface area contributed by atoms with Crippen LogP contribution in [0.1, 0.15) is 47.9 Å². The number of piperidine rings is 1. The largest absolute Gasteiger partial charge is 0.382 e. The van der Waals surface area contributed by atoms with Crippen LogP contribution in [0.25, 0.3) is 16.8 Å². The van der Waals surface area contributed by atoms with Gasteiger partial charge in [-0.3, -0.25) is 9.48 Å². The number of hydrogen-bond acceptors (Lipinski definition) is 9.